The van der Waals surface area contributed by atoms with Crippen LogP contribution < -0.4 is 0 Å². The van der Waals surface area contributed by atoms with Crippen LogP contribution in [0.5, 0.6) is 0 Å². The summed E-state index contributed by atoms with van der Waals surface area (Å²) < 4.78 is 0.285. The Kier molecular flexibility index (Phi) is 5.39. The van der Waals surface area contributed by atoms with E-state index in [2.05, 4.69) is 0 Å². The standard InChI is InChI=1S/C5H8OS2/c1-7-5(8-2)3-4-6/h3,5H,1-2H3. The predicted molar refractivity (Wildman–Crippen MR) is 41.1 cm³/mol. The van der Waals surface area contributed by atoms with Crippen molar-refractivity contribution in [3.63, 3.8) is 0 Å². The first-order valence-electron chi connectivity index (χ1n) is 2.11. The fourth-order valence-corrected chi connectivity index (χ4v) is 1.44. The fourth-order valence-electron chi connectivity index (χ4n) is 0.288. The van der Waals surface area contributed by atoms with Crippen molar-refractivity contribution in [2.45, 2.75) is 4.58 Å². The molecular formula is C5H8OS2. The molecule has 0 fully saturated rings. The van der Waals surface area contributed by atoms with Crippen molar-refractivity contribution in [2.24, 2.45) is 0 Å². The Morgan fingerprint density at radius 3 is 2.12 bits per heavy atom. The summed E-state index contributed by atoms with van der Waals surface area (Å²) in [5.41, 5.74) is 0. The molecule has 0 unspecified atom stereocenters. The zero-order valence-electron chi connectivity index (χ0n) is 4.88. The van der Waals surface area contributed by atoms with E-state index in [4.69, 9.17) is 0 Å². The maximum absolute atomic E-state index is 9.73. The number of rotatable bonds is 3. The third-order valence-electron chi connectivity index (χ3n) is 0.669. The zero-order chi connectivity index (χ0) is 6.41. The summed E-state index contributed by atoms with van der Waals surface area (Å²) in [5, 5.41) is 0. The lowest BCUT2D eigenvalue weighted by Crippen LogP contribution is -1.86. The highest BCUT2D eigenvalue weighted by molar-refractivity contribution is 8.16. The van der Waals surface area contributed by atoms with Crippen LogP contribution in [0.15, 0.2) is 6.08 Å². The van der Waals surface area contributed by atoms with Gasteiger partial charge in [0.05, 0.1) is 4.58 Å². The first kappa shape index (κ1) is 8.15. The number of thioether (sulfide) groups is 2. The van der Waals surface area contributed by atoms with Gasteiger partial charge in [-0.15, -0.1) is 23.5 Å². The molecule has 0 atom stereocenters. The van der Waals surface area contributed by atoms with Crippen LogP contribution in [0.3, 0.4) is 0 Å². The lowest BCUT2D eigenvalue weighted by atomic mass is 10.7. The van der Waals surface area contributed by atoms with Crippen LogP contribution in [0.1, 0.15) is 0 Å². The Hall–Kier alpha value is 0.150. The van der Waals surface area contributed by atoms with E-state index in [0.29, 0.717) is 0 Å². The summed E-state index contributed by atoms with van der Waals surface area (Å²) in [4.78, 5) is 9.73. The minimum atomic E-state index is 0.285. The van der Waals surface area contributed by atoms with Crippen LogP contribution in [-0.4, -0.2) is 23.0 Å². The second-order valence-electron chi connectivity index (χ2n) is 1.12. The number of hydrogen-bond acceptors (Lipinski definition) is 3. The van der Waals surface area contributed by atoms with Gasteiger partial charge >= 0.3 is 0 Å². The smallest absolute Gasteiger partial charge is 0.122 e. The predicted octanol–water partition coefficient (Wildman–Crippen LogP) is 1.43. The van der Waals surface area contributed by atoms with Crippen LogP contribution in [0.25, 0.3) is 0 Å². The Morgan fingerprint density at radius 1 is 1.50 bits per heavy atom. The van der Waals surface area contributed by atoms with Crippen molar-refractivity contribution < 1.29 is 4.79 Å². The van der Waals surface area contributed by atoms with Gasteiger partial charge in [0, 0.05) is 6.08 Å². The largest absolute Gasteiger partial charge is 0.234 e. The molecule has 46 valence electrons. The molecule has 0 spiro atoms. The molecule has 0 saturated carbocycles. The summed E-state index contributed by atoms with van der Waals surface area (Å²) >= 11 is 3.28. The SMILES string of the molecule is CSC(C=C=O)SC. The quantitative estimate of drug-likeness (QED) is 0.445. The molecule has 0 aromatic rings. The third-order valence-corrected chi connectivity index (χ3v) is 3.02. The second-order valence-corrected chi connectivity index (χ2v) is 3.38. The normalized spacial score (nSPS) is 8.88. The highest BCUT2D eigenvalue weighted by atomic mass is 32.2. The Morgan fingerprint density at radius 2 is 2.00 bits per heavy atom. The molecule has 0 aromatic carbocycles. The maximum Gasteiger partial charge on any atom is 0.122 e. The van der Waals surface area contributed by atoms with Crippen molar-refractivity contribution >= 4 is 29.5 Å². The molecule has 0 amide bonds. The van der Waals surface area contributed by atoms with Gasteiger partial charge in [0.15, 0.2) is 0 Å². The summed E-state index contributed by atoms with van der Waals surface area (Å²) in [7, 11) is 0. The van der Waals surface area contributed by atoms with Crippen molar-refractivity contribution in [3.8, 4) is 0 Å². The molecule has 0 aromatic heterocycles. The number of carbonyl (C=O) groups excluding carboxylic acids is 1. The van der Waals surface area contributed by atoms with E-state index < -0.39 is 0 Å². The molecular weight excluding hydrogens is 140 g/mol. The Labute approximate surface area is 57.9 Å². The molecule has 0 saturated heterocycles. The van der Waals surface area contributed by atoms with Gasteiger partial charge in [-0.25, -0.2) is 4.79 Å². The van der Waals surface area contributed by atoms with E-state index in [9.17, 15) is 4.79 Å². The van der Waals surface area contributed by atoms with E-state index in [1.54, 1.807) is 29.5 Å². The van der Waals surface area contributed by atoms with E-state index in [1.807, 2.05) is 12.5 Å². The van der Waals surface area contributed by atoms with Gasteiger partial charge < -0.3 is 0 Å². The van der Waals surface area contributed by atoms with E-state index in [-0.39, 0.29) is 4.58 Å². The lowest BCUT2D eigenvalue weighted by molar-refractivity contribution is 0.568. The van der Waals surface area contributed by atoms with Gasteiger partial charge in [0.2, 0.25) is 0 Å². The summed E-state index contributed by atoms with van der Waals surface area (Å²) in [5.74, 6) is 1.75. The Bertz CT molecular complexity index is 92.6. The molecule has 0 aliphatic heterocycles. The first-order valence-corrected chi connectivity index (χ1v) is 4.69. The van der Waals surface area contributed by atoms with Crippen molar-refractivity contribution in [1.29, 1.82) is 0 Å². The highest BCUT2D eigenvalue weighted by Crippen LogP contribution is 2.17. The van der Waals surface area contributed by atoms with Gasteiger partial charge in [0.1, 0.15) is 5.94 Å². The summed E-state index contributed by atoms with van der Waals surface area (Å²) in [6, 6.07) is 0. The first-order chi connectivity index (χ1) is 3.85. The van der Waals surface area contributed by atoms with Crippen LogP contribution >= 0.6 is 23.5 Å². The monoisotopic (exact) mass is 148 g/mol. The average Bonchev–Trinajstić information content (AvgIpc) is 1.83. The molecule has 0 aliphatic rings. The van der Waals surface area contributed by atoms with Crippen LogP contribution in [-0.2, 0) is 4.79 Å². The molecule has 0 aliphatic carbocycles. The van der Waals surface area contributed by atoms with Gasteiger partial charge in [-0.05, 0) is 12.5 Å². The lowest BCUT2D eigenvalue weighted by Gasteiger charge is -1.99. The van der Waals surface area contributed by atoms with Crippen LogP contribution in [0, 0.1) is 0 Å². The molecule has 1 nitrogen and oxygen atoms in total. The van der Waals surface area contributed by atoms with Gasteiger partial charge in [-0.3, -0.25) is 0 Å². The molecule has 0 rings (SSSR count). The topological polar surface area (TPSA) is 17.1 Å². The summed E-state index contributed by atoms with van der Waals surface area (Å²) in [6.07, 6.45) is 5.46. The molecule has 0 heterocycles. The minimum absolute atomic E-state index is 0.285. The number of hydrogen-bond donors (Lipinski definition) is 0. The van der Waals surface area contributed by atoms with Gasteiger partial charge in [-0.2, -0.15) is 0 Å². The van der Waals surface area contributed by atoms with Crippen LogP contribution in [0.4, 0.5) is 0 Å². The molecule has 8 heavy (non-hydrogen) atoms. The highest BCUT2D eigenvalue weighted by Gasteiger charge is 1.96. The molecule has 0 bridgehead atoms. The molecule has 3 heteroatoms. The molecule has 0 N–H and O–H groups in total. The Balaban J connectivity index is 3.52. The van der Waals surface area contributed by atoms with E-state index >= 15 is 0 Å². The maximum atomic E-state index is 9.73. The third kappa shape index (κ3) is 3.19. The minimum Gasteiger partial charge on any atom is -0.234 e. The van der Waals surface area contributed by atoms with E-state index in [0.717, 1.165) is 0 Å². The molecule has 0 radical (unpaired) electrons. The average molecular weight is 148 g/mol. The summed E-state index contributed by atoms with van der Waals surface area (Å²) in [6.45, 7) is 0. The van der Waals surface area contributed by atoms with E-state index in [1.165, 1.54) is 6.08 Å². The van der Waals surface area contributed by atoms with Crippen LogP contribution in [0.2, 0.25) is 0 Å². The van der Waals surface area contributed by atoms with Gasteiger partial charge in [0.25, 0.3) is 0 Å². The van der Waals surface area contributed by atoms with Gasteiger partial charge in [-0.1, -0.05) is 0 Å². The van der Waals surface area contributed by atoms with Crippen molar-refractivity contribution in [3.05, 3.63) is 6.08 Å². The fraction of sp³-hybridized carbons (Fsp3) is 0.600. The van der Waals surface area contributed by atoms with Crippen molar-refractivity contribution in [2.75, 3.05) is 12.5 Å². The zero-order valence-corrected chi connectivity index (χ0v) is 6.51. The van der Waals surface area contributed by atoms with Crippen molar-refractivity contribution in [1.82, 2.24) is 0 Å². The second kappa shape index (κ2) is 5.29.